The second-order valence-corrected chi connectivity index (χ2v) is 4.91. The van der Waals surface area contributed by atoms with Gasteiger partial charge in [-0.2, -0.15) is 5.26 Å². The van der Waals surface area contributed by atoms with Gasteiger partial charge in [-0.25, -0.2) is 9.37 Å². The summed E-state index contributed by atoms with van der Waals surface area (Å²) >= 11 is 3.15. The maximum atomic E-state index is 13.2. The van der Waals surface area contributed by atoms with Crippen LogP contribution in [0.5, 0.6) is 0 Å². The van der Waals surface area contributed by atoms with Crippen LogP contribution in [0.15, 0.2) is 40.9 Å². The van der Waals surface area contributed by atoms with Gasteiger partial charge in [-0.1, -0.05) is 0 Å². The van der Waals surface area contributed by atoms with Crippen molar-refractivity contribution >= 4 is 27.0 Å². The van der Waals surface area contributed by atoms with Crippen LogP contribution in [-0.2, 0) is 0 Å². The van der Waals surface area contributed by atoms with Crippen molar-refractivity contribution in [3.8, 4) is 17.5 Å². The largest absolute Gasteiger partial charge is 0.338 e. The van der Waals surface area contributed by atoms with E-state index in [4.69, 9.17) is 5.26 Å². The van der Waals surface area contributed by atoms with E-state index in [9.17, 15) is 4.39 Å². The Morgan fingerprint density at radius 2 is 2.05 bits per heavy atom. The van der Waals surface area contributed by atoms with E-state index in [0.717, 1.165) is 16.6 Å². The standard InChI is InChI=1S/C14H7BrFN3/c15-10-6-9(2-3-11(10)16)14-18-12-4-1-8(7-17)5-13(12)19-14/h1-6H,(H,18,19). The predicted molar refractivity (Wildman–Crippen MR) is 73.9 cm³/mol. The van der Waals surface area contributed by atoms with Gasteiger partial charge in [0.25, 0.3) is 0 Å². The zero-order chi connectivity index (χ0) is 13.4. The minimum Gasteiger partial charge on any atom is -0.338 e. The number of benzene rings is 2. The molecule has 0 amide bonds. The molecule has 0 bridgehead atoms. The number of nitrogens with zero attached hydrogens (tertiary/aromatic N) is 2. The van der Waals surface area contributed by atoms with Gasteiger partial charge >= 0.3 is 0 Å². The average molecular weight is 316 g/mol. The van der Waals surface area contributed by atoms with Crippen molar-refractivity contribution < 1.29 is 4.39 Å². The number of aromatic amines is 1. The van der Waals surface area contributed by atoms with Gasteiger partial charge in [0.05, 0.1) is 27.1 Å². The topological polar surface area (TPSA) is 52.5 Å². The maximum Gasteiger partial charge on any atom is 0.138 e. The quantitative estimate of drug-likeness (QED) is 0.737. The SMILES string of the molecule is N#Cc1ccc2nc(-c3ccc(F)c(Br)c3)[nH]c2c1. The van der Waals surface area contributed by atoms with Gasteiger partial charge in [0.15, 0.2) is 0 Å². The summed E-state index contributed by atoms with van der Waals surface area (Å²) < 4.78 is 13.6. The lowest BCUT2D eigenvalue weighted by Crippen LogP contribution is -1.83. The van der Waals surface area contributed by atoms with Crippen molar-refractivity contribution in [2.45, 2.75) is 0 Å². The third-order valence-corrected chi connectivity index (χ3v) is 3.41. The predicted octanol–water partition coefficient (Wildman–Crippen LogP) is 4.00. The molecule has 2 aromatic carbocycles. The van der Waals surface area contributed by atoms with Gasteiger partial charge in [-0.3, -0.25) is 0 Å². The average Bonchev–Trinajstić information content (AvgIpc) is 2.84. The fourth-order valence-electron chi connectivity index (χ4n) is 1.86. The lowest BCUT2D eigenvalue weighted by Gasteiger charge is -1.98. The molecule has 0 aliphatic carbocycles. The van der Waals surface area contributed by atoms with Crippen LogP contribution in [-0.4, -0.2) is 9.97 Å². The highest BCUT2D eigenvalue weighted by atomic mass is 79.9. The molecule has 0 fully saturated rings. The van der Waals surface area contributed by atoms with Crippen molar-refractivity contribution in [3.05, 3.63) is 52.3 Å². The monoisotopic (exact) mass is 315 g/mol. The summed E-state index contributed by atoms with van der Waals surface area (Å²) in [4.78, 5) is 7.55. The summed E-state index contributed by atoms with van der Waals surface area (Å²) in [5, 5.41) is 8.86. The zero-order valence-electron chi connectivity index (χ0n) is 9.61. The Kier molecular flexibility index (Phi) is 2.80. The molecular weight excluding hydrogens is 309 g/mol. The smallest absolute Gasteiger partial charge is 0.138 e. The Hall–Kier alpha value is -2.19. The number of imidazole rings is 1. The van der Waals surface area contributed by atoms with Gasteiger partial charge in [0.1, 0.15) is 11.6 Å². The van der Waals surface area contributed by atoms with E-state index in [1.165, 1.54) is 6.07 Å². The number of H-pyrrole nitrogens is 1. The molecule has 5 heteroatoms. The zero-order valence-corrected chi connectivity index (χ0v) is 11.2. The number of nitrogens with one attached hydrogen (secondary N) is 1. The number of hydrogen-bond acceptors (Lipinski definition) is 2. The molecule has 19 heavy (non-hydrogen) atoms. The number of halogens is 2. The highest BCUT2D eigenvalue weighted by Gasteiger charge is 2.08. The summed E-state index contributed by atoms with van der Waals surface area (Å²) in [6.07, 6.45) is 0. The van der Waals surface area contributed by atoms with E-state index in [1.807, 2.05) is 0 Å². The van der Waals surface area contributed by atoms with Crippen LogP contribution in [0, 0.1) is 17.1 Å². The highest BCUT2D eigenvalue weighted by Crippen LogP contribution is 2.25. The number of rotatable bonds is 1. The fourth-order valence-corrected chi connectivity index (χ4v) is 2.24. The number of fused-ring (bicyclic) bond motifs is 1. The minimum atomic E-state index is -0.313. The van der Waals surface area contributed by atoms with Gasteiger partial charge in [-0.05, 0) is 52.3 Å². The first-order chi connectivity index (χ1) is 9.17. The Morgan fingerprint density at radius 1 is 1.21 bits per heavy atom. The van der Waals surface area contributed by atoms with Crippen LogP contribution < -0.4 is 0 Å². The molecular formula is C14H7BrFN3. The number of aromatic nitrogens is 2. The molecule has 0 radical (unpaired) electrons. The Morgan fingerprint density at radius 3 is 2.79 bits per heavy atom. The fraction of sp³-hybridized carbons (Fsp3) is 0. The first kappa shape index (κ1) is 11.9. The maximum absolute atomic E-state index is 13.2. The second kappa shape index (κ2) is 4.48. The van der Waals surface area contributed by atoms with Crippen molar-refractivity contribution in [1.82, 2.24) is 9.97 Å². The van der Waals surface area contributed by atoms with Crippen LogP contribution in [0.25, 0.3) is 22.4 Å². The molecule has 0 unspecified atom stereocenters. The molecule has 0 spiro atoms. The van der Waals surface area contributed by atoms with Crippen LogP contribution in [0.4, 0.5) is 4.39 Å². The van der Waals surface area contributed by atoms with E-state index in [0.29, 0.717) is 15.9 Å². The lowest BCUT2D eigenvalue weighted by molar-refractivity contribution is 0.621. The van der Waals surface area contributed by atoms with Crippen molar-refractivity contribution in [1.29, 1.82) is 5.26 Å². The van der Waals surface area contributed by atoms with Gasteiger partial charge < -0.3 is 4.98 Å². The number of nitriles is 1. The number of hydrogen-bond donors (Lipinski definition) is 1. The third-order valence-electron chi connectivity index (χ3n) is 2.80. The van der Waals surface area contributed by atoms with Crippen LogP contribution >= 0.6 is 15.9 Å². The first-order valence-corrected chi connectivity index (χ1v) is 6.32. The second-order valence-electron chi connectivity index (χ2n) is 4.06. The van der Waals surface area contributed by atoms with Crippen molar-refractivity contribution in [3.63, 3.8) is 0 Å². The molecule has 3 aromatic rings. The lowest BCUT2D eigenvalue weighted by atomic mass is 10.2. The van der Waals surface area contributed by atoms with Crippen LogP contribution in [0.3, 0.4) is 0 Å². The Bertz CT molecular complexity index is 817. The molecule has 92 valence electrons. The first-order valence-electron chi connectivity index (χ1n) is 5.52. The highest BCUT2D eigenvalue weighted by molar-refractivity contribution is 9.10. The molecule has 1 aromatic heterocycles. The van der Waals surface area contributed by atoms with Gasteiger partial charge in [0.2, 0.25) is 0 Å². The normalized spacial score (nSPS) is 10.6. The third kappa shape index (κ3) is 2.11. The van der Waals surface area contributed by atoms with Gasteiger partial charge in [0, 0.05) is 5.56 Å². The molecule has 1 N–H and O–H groups in total. The van der Waals surface area contributed by atoms with Crippen molar-refractivity contribution in [2.75, 3.05) is 0 Å². The summed E-state index contributed by atoms with van der Waals surface area (Å²) in [5.41, 5.74) is 2.91. The molecule has 0 atom stereocenters. The van der Waals surface area contributed by atoms with E-state index in [-0.39, 0.29) is 5.82 Å². The molecule has 3 rings (SSSR count). The van der Waals surface area contributed by atoms with Crippen molar-refractivity contribution in [2.24, 2.45) is 0 Å². The van der Waals surface area contributed by atoms with Crippen LogP contribution in [0.2, 0.25) is 0 Å². The van der Waals surface area contributed by atoms with Crippen LogP contribution in [0.1, 0.15) is 5.56 Å². The summed E-state index contributed by atoms with van der Waals surface area (Å²) in [7, 11) is 0. The minimum absolute atomic E-state index is 0.313. The van der Waals surface area contributed by atoms with E-state index in [2.05, 4.69) is 32.0 Å². The summed E-state index contributed by atoms with van der Waals surface area (Å²) in [5.74, 6) is 0.331. The Labute approximate surface area is 116 Å². The van der Waals surface area contributed by atoms with E-state index < -0.39 is 0 Å². The summed E-state index contributed by atoms with van der Waals surface area (Å²) in [6.45, 7) is 0. The van der Waals surface area contributed by atoms with Gasteiger partial charge in [-0.15, -0.1) is 0 Å². The van der Waals surface area contributed by atoms with E-state index >= 15 is 0 Å². The summed E-state index contributed by atoms with van der Waals surface area (Å²) in [6, 6.07) is 12.0. The molecule has 0 aliphatic rings. The molecule has 0 saturated heterocycles. The molecule has 1 heterocycles. The molecule has 0 saturated carbocycles. The Balaban J connectivity index is 2.15. The van der Waals surface area contributed by atoms with E-state index in [1.54, 1.807) is 30.3 Å². The molecule has 3 nitrogen and oxygen atoms in total. The molecule has 0 aliphatic heterocycles.